The van der Waals surface area contributed by atoms with Gasteiger partial charge in [0.2, 0.25) is 15.9 Å². The van der Waals surface area contributed by atoms with Crippen LogP contribution in [0.5, 0.6) is 0 Å². The fraction of sp³-hybridized carbons (Fsp3) is 0.400. The topological polar surface area (TPSA) is 70.6 Å². The van der Waals surface area contributed by atoms with E-state index in [4.69, 9.17) is 0 Å². The number of amides is 1. The van der Waals surface area contributed by atoms with Crippen LogP contribution in [0, 0.1) is 12.8 Å². The molecule has 1 fully saturated rings. The highest BCUT2D eigenvalue weighted by Crippen LogP contribution is 2.26. The van der Waals surface area contributed by atoms with Gasteiger partial charge in [0.25, 0.3) is 0 Å². The van der Waals surface area contributed by atoms with Crippen LogP contribution in [-0.4, -0.2) is 43.0 Å². The summed E-state index contributed by atoms with van der Waals surface area (Å²) in [5.41, 5.74) is 2.90. The molecule has 144 valence electrons. The Morgan fingerprint density at radius 2 is 1.96 bits per heavy atom. The number of nitrogens with zero attached hydrogens (tertiary/aromatic N) is 3. The van der Waals surface area contributed by atoms with Crippen LogP contribution < -0.4 is 4.90 Å². The van der Waals surface area contributed by atoms with Crippen LogP contribution in [-0.2, 0) is 21.4 Å². The van der Waals surface area contributed by atoms with Crippen molar-refractivity contribution in [3.8, 4) is 0 Å². The van der Waals surface area contributed by atoms with E-state index in [0.717, 1.165) is 16.8 Å². The lowest BCUT2D eigenvalue weighted by atomic mass is 9.96. The van der Waals surface area contributed by atoms with Gasteiger partial charge in [-0.15, -0.1) is 0 Å². The number of benzene rings is 1. The second kappa shape index (κ2) is 8.19. The third-order valence-corrected chi connectivity index (χ3v) is 6.22. The number of anilines is 1. The van der Waals surface area contributed by atoms with Crippen molar-refractivity contribution in [1.29, 1.82) is 0 Å². The Hall–Kier alpha value is -2.25. The van der Waals surface area contributed by atoms with E-state index in [1.165, 1.54) is 10.6 Å². The third kappa shape index (κ3) is 4.93. The van der Waals surface area contributed by atoms with Gasteiger partial charge < -0.3 is 4.90 Å². The summed E-state index contributed by atoms with van der Waals surface area (Å²) in [6.45, 7) is 3.23. The zero-order valence-electron chi connectivity index (χ0n) is 15.7. The molecule has 0 N–H and O–H groups in total. The highest BCUT2D eigenvalue weighted by atomic mass is 32.2. The van der Waals surface area contributed by atoms with Gasteiger partial charge in [0.1, 0.15) is 0 Å². The number of hydrogen-bond acceptors (Lipinski definition) is 4. The first-order chi connectivity index (χ1) is 12.8. The summed E-state index contributed by atoms with van der Waals surface area (Å²) in [7, 11) is -3.20. The summed E-state index contributed by atoms with van der Waals surface area (Å²) in [6, 6.07) is 11.7. The first-order valence-corrected chi connectivity index (χ1v) is 10.9. The Morgan fingerprint density at radius 3 is 2.56 bits per heavy atom. The molecular weight excluding hydrogens is 362 g/mol. The van der Waals surface area contributed by atoms with Crippen LogP contribution in [0.15, 0.2) is 48.8 Å². The highest BCUT2D eigenvalue weighted by molar-refractivity contribution is 7.88. The van der Waals surface area contributed by atoms with E-state index in [1.807, 2.05) is 43.3 Å². The molecule has 2 heterocycles. The molecule has 0 unspecified atom stereocenters. The maximum atomic E-state index is 13.3. The second-order valence-electron chi connectivity index (χ2n) is 7.06. The van der Waals surface area contributed by atoms with Crippen molar-refractivity contribution in [2.24, 2.45) is 5.92 Å². The molecule has 1 saturated heterocycles. The van der Waals surface area contributed by atoms with Gasteiger partial charge in [-0.05, 0) is 49.1 Å². The summed E-state index contributed by atoms with van der Waals surface area (Å²) in [6.07, 6.45) is 5.78. The molecule has 0 atom stereocenters. The van der Waals surface area contributed by atoms with Crippen LogP contribution >= 0.6 is 0 Å². The predicted molar refractivity (Wildman–Crippen MR) is 106 cm³/mol. The lowest BCUT2D eigenvalue weighted by molar-refractivity contribution is -0.123. The summed E-state index contributed by atoms with van der Waals surface area (Å²) in [5, 5.41) is 0. The molecule has 3 rings (SSSR count). The molecule has 7 heteroatoms. The number of carbonyl (C=O) groups excluding carboxylic acids is 1. The second-order valence-corrected chi connectivity index (χ2v) is 9.04. The molecule has 27 heavy (non-hydrogen) atoms. The normalized spacial score (nSPS) is 16.2. The molecule has 1 aromatic carbocycles. The molecule has 1 aromatic heterocycles. The first kappa shape index (κ1) is 19.5. The number of hydrogen-bond donors (Lipinski definition) is 0. The number of aryl methyl sites for hydroxylation is 1. The van der Waals surface area contributed by atoms with E-state index in [2.05, 4.69) is 4.98 Å². The van der Waals surface area contributed by atoms with Gasteiger partial charge in [0, 0.05) is 37.1 Å². The lowest BCUT2D eigenvalue weighted by Gasteiger charge is -2.33. The van der Waals surface area contributed by atoms with Crippen molar-refractivity contribution in [3.63, 3.8) is 0 Å². The Kier molecular flexibility index (Phi) is 5.92. The Labute approximate surface area is 160 Å². The predicted octanol–water partition coefficient (Wildman–Crippen LogP) is 2.59. The van der Waals surface area contributed by atoms with E-state index in [9.17, 15) is 13.2 Å². The summed E-state index contributed by atoms with van der Waals surface area (Å²) < 4.78 is 24.9. The van der Waals surface area contributed by atoms with Crippen molar-refractivity contribution in [1.82, 2.24) is 9.29 Å². The minimum absolute atomic E-state index is 0.0394. The molecular formula is C20H25N3O3S. The quantitative estimate of drug-likeness (QED) is 0.791. The Morgan fingerprint density at radius 1 is 1.22 bits per heavy atom. The van der Waals surface area contributed by atoms with E-state index >= 15 is 0 Å². The summed E-state index contributed by atoms with van der Waals surface area (Å²) in [4.78, 5) is 19.3. The minimum atomic E-state index is -3.20. The van der Waals surface area contributed by atoms with Gasteiger partial charge in [-0.25, -0.2) is 12.7 Å². The van der Waals surface area contributed by atoms with Crippen molar-refractivity contribution < 1.29 is 13.2 Å². The van der Waals surface area contributed by atoms with Crippen molar-refractivity contribution in [2.45, 2.75) is 26.3 Å². The Bertz CT molecular complexity index is 892. The fourth-order valence-electron chi connectivity index (χ4n) is 3.42. The molecule has 1 aliphatic rings. The van der Waals surface area contributed by atoms with E-state index in [1.54, 1.807) is 17.3 Å². The first-order valence-electron chi connectivity index (χ1n) is 9.06. The maximum absolute atomic E-state index is 13.3. The van der Waals surface area contributed by atoms with Crippen molar-refractivity contribution in [2.75, 3.05) is 24.2 Å². The Balaban J connectivity index is 1.81. The molecule has 0 aliphatic carbocycles. The SMILES string of the molecule is Cc1cccc(N(Cc2cccnc2)C(=O)C2CCN(S(C)(=O)=O)CC2)c1. The van der Waals surface area contributed by atoms with Crippen LogP contribution in [0.25, 0.3) is 0 Å². The van der Waals surface area contributed by atoms with Crippen molar-refractivity contribution in [3.05, 3.63) is 59.9 Å². The zero-order chi connectivity index (χ0) is 19.4. The number of piperidine rings is 1. The zero-order valence-corrected chi connectivity index (χ0v) is 16.5. The van der Waals surface area contributed by atoms with E-state index in [0.29, 0.717) is 32.5 Å². The van der Waals surface area contributed by atoms with Gasteiger partial charge in [-0.2, -0.15) is 0 Å². The molecule has 0 radical (unpaired) electrons. The van der Waals surface area contributed by atoms with Crippen LogP contribution in [0.4, 0.5) is 5.69 Å². The number of pyridine rings is 1. The third-order valence-electron chi connectivity index (χ3n) is 4.92. The molecule has 0 bridgehead atoms. The smallest absolute Gasteiger partial charge is 0.230 e. The number of aromatic nitrogens is 1. The van der Waals surface area contributed by atoms with Gasteiger partial charge in [0.15, 0.2) is 0 Å². The van der Waals surface area contributed by atoms with E-state index < -0.39 is 10.0 Å². The van der Waals surface area contributed by atoms with Crippen LogP contribution in [0.1, 0.15) is 24.0 Å². The van der Waals surface area contributed by atoms with Gasteiger partial charge >= 0.3 is 0 Å². The van der Waals surface area contributed by atoms with Gasteiger partial charge in [-0.3, -0.25) is 9.78 Å². The molecule has 6 nitrogen and oxygen atoms in total. The van der Waals surface area contributed by atoms with Gasteiger partial charge in [-0.1, -0.05) is 18.2 Å². The average molecular weight is 388 g/mol. The molecule has 2 aromatic rings. The highest BCUT2D eigenvalue weighted by Gasteiger charge is 2.32. The molecule has 1 aliphatic heterocycles. The molecule has 0 spiro atoms. The summed E-state index contributed by atoms with van der Waals surface area (Å²) >= 11 is 0. The number of rotatable bonds is 5. The standard InChI is InChI=1S/C20H25N3O3S/c1-16-5-3-7-19(13-16)23(15-17-6-4-10-21-14-17)20(24)18-8-11-22(12-9-18)27(2,25)26/h3-7,10,13-14,18H,8-9,11-12,15H2,1-2H3. The average Bonchev–Trinajstić information content (AvgIpc) is 2.66. The summed E-state index contributed by atoms with van der Waals surface area (Å²) in [5.74, 6) is -0.141. The van der Waals surface area contributed by atoms with Crippen molar-refractivity contribution >= 4 is 21.6 Å². The molecule has 1 amide bonds. The van der Waals surface area contributed by atoms with Crippen LogP contribution in [0.2, 0.25) is 0 Å². The minimum Gasteiger partial charge on any atom is -0.308 e. The van der Waals surface area contributed by atoms with Crippen LogP contribution in [0.3, 0.4) is 0 Å². The van der Waals surface area contributed by atoms with Gasteiger partial charge in [0.05, 0.1) is 12.8 Å². The molecule has 0 saturated carbocycles. The fourth-order valence-corrected chi connectivity index (χ4v) is 4.30. The maximum Gasteiger partial charge on any atom is 0.230 e. The lowest BCUT2D eigenvalue weighted by Crippen LogP contribution is -2.44. The largest absolute Gasteiger partial charge is 0.308 e. The number of carbonyl (C=O) groups is 1. The number of sulfonamides is 1. The monoisotopic (exact) mass is 387 g/mol. The van der Waals surface area contributed by atoms with E-state index in [-0.39, 0.29) is 11.8 Å².